The summed E-state index contributed by atoms with van der Waals surface area (Å²) in [6.45, 7) is 0. The van der Waals surface area contributed by atoms with Crippen molar-refractivity contribution >= 4 is 87.2 Å². The Morgan fingerprint density at radius 1 is 0.219 bits per heavy atom. The van der Waals surface area contributed by atoms with Crippen LogP contribution in [0, 0.1) is 0 Å². The molecule has 0 saturated carbocycles. The Bertz CT molecular complexity index is 4020. The minimum absolute atomic E-state index is 0.501. The largest absolute Gasteiger partial charge is 0.309 e. The number of nitrogens with zero attached hydrogens (tertiary/aromatic N) is 4. The molecule has 0 aliphatic heterocycles. The minimum atomic E-state index is 0.501. The highest BCUT2D eigenvalue weighted by Gasteiger charge is 2.20. The van der Waals surface area contributed by atoms with Crippen molar-refractivity contribution in [2.24, 2.45) is 0 Å². The van der Waals surface area contributed by atoms with Crippen molar-refractivity contribution in [2.75, 3.05) is 0 Å². The second kappa shape index (κ2) is 13.4. The zero-order chi connectivity index (χ0) is 43.6. The van der Waals surface area contributed by atoms with Crippen LogP contribution in [0.25, 0.3) is 121 Å². The van der Waals surface area contributed by atoms with Crippen LogP contribution in [0.15, 0.2) is 230 Å². The summed E-state index contributed by atoms with van der Waals surface area (Å²) in [6.07, 6.45) is 0. The first-order valence-corrected chi connectivity index (χ1v) is 21.8. The van der Waals surface area contributed by atoms with Gasteiger partial charge >= 0.3 is 0 Å². The van der Waals surface area contributed by atoms with Crippen LogP contribution in [0.2, 0.25) is 0 Å². The predicted octanol–water partition coefficient (Wildman–Crippen LogP) is 15.7. The van der Waals surface area contributed by atoms with Crippen LogP contribution in [-0.4, -0.2) is 18.3 Å². The molecule has 0 aliphatic carbocycles. The van der Waals surface area contributed by atoms with E-state index in [1.54, 1.807) is 0 Å². The summed E-state index contributed by atoms with van der Waals surface area (Å²) in [4.78, 5) is 0. The van der Waals surface area contributed by atoms with Crippen LogP contribution < -0.4 is 0 Å². The Hall–Kier alpha value is -8.60. The number of hydrogen-bond donors (Lipinski definition) is 0. The topological polar surface area (TPSA) is 19.7 Å². The molecule has 64 heavy (non-hydrogen) atoms. The van der Waals surface area contributed by atoms with Gasteiger partial charge in [-0.05, 0) is 120 Å². The highest BCUT2D eigenvalue weighted by atomic mass is 15.0. The van der Waals surface area contributed by atoms with Gasteiger partial charge in [-0.2, -0.15) is 0 Å². The van der Waals surface area contributed by atoms with Gasteiger partial charge in [-0.3, -0.25) is 0 Å². The zero-order valence-electron chi connectivity index (χ0n) is 36.6. The maximum Gasteiger partial charge on any atom is 0.0623 e. The lowest BCUT2D eigenvalue weighted by Gasteiger charge is -2.11. The molecule has 4 aromatic heterocycles. The molecule has 0 aliphatic rings. The van der Waals surface area contributed by atoms with E-state index in [2.05, 4.69) is 200 Å². The smallest absolute Gasteiger partial charge is 0.0623 e. The van der Waals surface area contributed by atoms with Crippen LogP contribution in [0.1, 0.15) is 2.74 Å². The Balaban J connectivity index is 0.919. The third kappa shape index (κ3) is 4.99. The van der Waals surface area contributed by atoms with Crippen LogP contribution in [0.4, 0.5) is 0 Å². The molecule has 0 bridgehead atoms. The average molecular weight is 817 g/mol. The van der Waals surface area contributed by atoms with Crippen LogP contribution >= 0.6 is 0 Å². The molecule has 4 heterocycles. The van der Waals surface area contributed by atoms with Gasteiger partial charge in [-0.1, -0.05) is 121 Å². The highest BCUT2D eigenvalue weighted by molar-refractivity contribution is 6.15. The number of rotatable bonds is 5. The molecule has 4 nitrogen and oxygen atoms in total. The van der Waals surface area contributed by atoms with Gasteiger partial charge in [0.25, 0.3) is 0 Å². The minimum Gasteiger partial charge on any atom is -0.309 e. The quantitative estimate of drug-likeness (QED) is 0.165. The first-order chi connectivity index (χ1) is 32.6. The predicted molar refractivity (Wildman–Crippen MR) is 269 cm³/mol. The van der Waals surface area contributed by atoms with E-state index in [0.717, 1.165) is 99.6 Å². The Kier molecular flexibility index (Phi) is 6.95. The first kappa shape index (κ1) is 33.1. The highest BCUT2D eigenvalue weighted by Crippen LogP contribution is 2.41. The summed E-state index contributed by atoms with van der Waals surface area (Å²) in [5.41, 5.74) is 15.7. The second-order valence-corrected chi connectivity index (χ2v) is 16.8. The molecule has 0 atom stereocenters. The molecule has 14 aromatic rings. The molecule has 0 unspecified atom stereocenters. The van der Waals surface area contributed by atoms with Gasteiger partial charge in [-0.25, -0.2) is 0 Å². The number of para-hydroxylation sites is 6. The lowest BCUT2D eigenvalue weighted by Crippen LogP contribution is -1.95. The van der Waals surface area contributed by atoms with Crippen molar-refractivity contribution in [1.29, 1.82) is 0 Å². The molecule has 0 radical (unpaired) electrons. The van der Waals surface area contributed by atoms with Crippen molar-refractivity contribution in [3.63, 3.8) is 0 Å². The number of aromatic nitrogens is 4. The number of benzene rings is 10. The zero-order valence-corrected chi connectivity index (χ0v) is 34.6. The summed E-state index contributed by atoms with van der Waals surface area (Å²) in [5, 5.41) is 9.19. The van der Waals surface area contributed by atoms with E-state index in [4.69, 9.17) is 2.74 Å². The van der Waals surface area contributed by atoms with E-state index in [1.807, 2.05) is 36.4 Å². The molecule has 0 fully saturated rings. The van der Waals surface area contributed by atoms with Crippen LogP contribution in [-0.2, 0) is 0 Å². The second-order valence-electron chi connectivity index (χ2n) is 16.8. The molecular formula is C60H38N4. The molecule has 4 heteroatoms. The van der Waals surface area contributed by atoms with E-state index in [0.29, 0.717) is 12.1 Å². The van der Waals surface area contributed by atoms with Crippen molar-refractivity contribution in [3.05, 3.63) is 230 Å². The van der Waals surface area contributed by atoms with Crippen molar-refractivity contribution < 1.29 is 2.74 Å². The van der Waals surface area contributed by atoms with Gasteiger partial charge in [0.15, 0.2) is 0 Å². The van der Waals surface area contributed by atoms with E-state index in [9.17, 15) is 0 Å². The van der Waals surface area contributed by atoms with E-state index >= 15 is 0 Å². The molecule has 0 spiro atoms. The van der Waals surface area contributed by atoms with Crippen molar-refractivity contribution in [3.8, 4) is 33.9 Å². The van der Waals surface area contributed by atoms with Crippen molar-refractivity contribution in [2.45, 2.75) is 0 Å². The van der Waals surface area contributed by atoms with Crippen molar-refractivity contribution in [1.82, 2.24) is 18.3 Å². The average Bonchev–Trinajstić information content (AvgIpc) is 4.08. The summed E-state index contributed by atoms with van der Waals surface area (Å²) in [5.74, 6) is 0. The van der Waals surface area contributed by atoms with Gasteiger partial charge in [0, 0.05) is 65.8 Å². The third-order valence-electron chi connectivity index (χ3n) is 13.4. The summed E-state index contributed by atoms with van der Waals surface area (Å²) < 4.78 is 26.5. The maximum absolute atomic E-state index is 8.55. The Labute approximate surface area is 371 Å². The molecule has 0 saturated heterocycles. The fourth-order valence-electron chi connectivity index (χ4n) is 10.6. The third-order valence-corrected chi connectivity index (χ3v) is 13.4. The lowest BCUT2D eigenvalue weighted by atomic mass is 10.0. The normalized spacial score (nSPS) is 12.5. The summed E-state index contributed by atoms with van der Waals surface area (Å²) in [6, 6.07) is 78.6. The van der Waals surface area contributed by atoms with E-state index in [1.165, 1.54) is 21.5 Å². The Morgan fingerprint density at radius 3 is 0.969 bits per heavy atom. The maximum atomic E-state index is 8.55. The van der Waals surface area contributed by atoms with E-state index < -0.39 is 0 Å². The van der Waals surface area contributed by atoms with Gasteiger partial charge in [0.2, 0.25) is 0 Å². The van der Waals surface area contributed by atoms with E-state index in [-0.39, 0.29) is 0 Å². The van der Waals surface area contributed by atoms with Gasteiger partial charge < -0.3 is 18.3 Å². The van der Waals surface area contributed by atoms with Crippen LogP contribution in [0.5, 0.6) is 0 Å². The monoisotopic (exact) mass is 816 g/mol. The fraction of sp³-hybridized carbons (Fsp3) is 0. The van der Waals surface area contributed by atoms with Crippen LogP contribution in [0.3, 0.4) is 0 Å². The Morgan fingerprint density at radius 2 is 0.531 bits per heavy atom. The molecule has 10 aromatic carbocycles. The number of fused-ring (bicyclic) bond motifs is 12. The molecule has 0 N–H and O–H groups in total. The molecule has 298 valence electrons. The lowest BCUT2D eigenvalue weighted by molar-refractivity contribution is 1.16. The van der Waals surface area contributed by atoms with Gasteiger partial charge in [0.05, 0.1) is 46.9 Å². The first-order valence-electron chi connectivity index (χ1n) is 22.8. The standard InChI is InChI=1S/C60H38N4/c1-3-15-41(16-4-1)61-53-23-11-9-21-47(53)51-37-43(29-33-59(51)61)63-55-25-13-7-19-45(55)49-35-39(27-31-57(49)63)40-28-32-58-50(36-40)46-20-8-14-26-56(46)64(58)44-30-34-60-52(38-44)48-22-10-12-24-54(48)62(60)42-17-5-2-6-18-42/h1-38H/i9D,10D. The van der Waals surface area contributed by atoms with Gasteiger partial charge in [0.1, 0.15) is 0 Å². The molecule has 0 amide bonds. The summed E-state index contributed by atoms with van der Waals surface area (Å²) in [7, 11) is 0. The van der Waals surface area contributed by atoms with Gasteiger partial charge in [-0.15, -0.1) is 0 Å². The molecule has 14 rings (SSSR count). The summed E-state index contributed by atoms with van der Waals surface area (Å²) >= 11 is 0. The molecular weight excluding hydrogens is 777 g/mol. The fourth-order valence-corrected chi connectivity index (χ4v) is 10.6. The number of hydrogen-bond acceptors (Lipinski definition) is 0. The SMILES string of the molecule is [2H]c1ccc2c(c1)c1cc(-n3c4ccccc4c4cc(-c5ccc6c(c5)c5ccccc5n6-c5ccc6c(c5)c5cc([2H])ccc5n6-c5ccccc5)ccc43)ccc1n2-c1ccccc1.